The molecule has 0 fully saturated rings. The minimum absolute atomic E-state index is 0.00566. The van der Waals surface area contributed by atoms with Gasteiger partial charge in [0.2, 0.25) is 0 Å². The van der Waals surface area contributed by atoms with Gasteiger partial charge in [-0.1, -0.05) is 152 Å². The maximum atomic E-state index is 12.4. The zero-order chi connectivity index (χ0) is 36.0. The van der Waals surface area contributed by atoms with Crippen LogP contribution >= 0.6 is 11.8 Å². The Morgan fingerprint density at radius 1 is 0.577 bits per heavy atom. The van der Waals surface area contributed by atoms with Crippen molar-refractivity contribution in [3.63, 3.8) is 0 Å². The second-order valence-corrected chi connectivity index (χ2v) is 14.3. The fraction of sp³-hybridized carbons (Fsp3) is 0.267. The van der Waals surface area contributed by atoms with Gasteiger partial charge in [0.25, 0.3) is 0 Å². The van der Waals surface area contributed by atoms with Crippen molar-refractivity contribution in [3.05, 3.63) is 167 Å². The number of rotatable bonds is 18. The molecular formula is C45H45NO5S. The lowest BCUT2D eigenvalue weighted by Gasteiger charge is -2.35. The van der Waals surface area contributed by atoms with Crippen LogP contribution < -0.4 is 5.32 Å². The molecule has 266 valence electrons. The Kier molecular flexibility index (Phi) is 13.0. The van der Waals surface area contributed by atoms with Gasteiger partial charge in [-0.05, 0) is 57.5 Å². The van der Waals surface area contributed by atoms with E-state index >= 15 is 0 Å². The standard InChI is InChI=1S/C45H45NO5S/c47-37(32-46-44(49)51-33-42-40-26-14-12-24-38(40)39-25-13-15-27-41(39)42)28-29-43(48)50-30-16-1-2-17-31-52-45(34-18-6-3-7-19-34,35-20-8-4-9-21-35)36-22-10-5-11-23-36/h3-15,18-27,42H,1-2,16-17,28-33H2,(H,46,49). The number of ether oxygens (including phenoxy) is 2. The van der Waals surface area contributed by atoms with Gasteiger partial charge >= 0.3 is 12.1 Å². The van der Waals surface area contributed by atoms with Crippen molar-refractivity contribution in [3.8, 4) is 11.1 Å². The highest BCUT2D eigenvalue weighted by Gasteiger charge is 2.36. The minimum Gasteiger partial charge on any atom is -0.466 e. The smallest absolute Gasteiger partial charge is 0.407 e. The molecule has 1 N–H and O–H groups in total. The molecule has 0 saturated heterocycles. The Labute approximate surface area is 311 Å². The van der Waals surface area contributed by atoms with Gasteiger partial charge in [0, 0.05) is 12.3 Å². The average Bonchev–Trinajstić information content (AvgIpc) is 3.52. The zero-order valence-corrected chi connectivity index (χ0v) is 30.2. The molecule has 0 unspecified atom stereocenters. The first-order valence-electron chi connectivity index (χ1n) is 18.1. The third-order valence-corrected chi connectivity index (χ3v) is 11.2. The maximum Gasteiger partial charge on any atom is 0.407 e. The third-order valence-electron chi connectivity index (χ3n) is 9.54. The molecule has 5 aromatic rings. The van der Waals surface area contributed by atoms with E-state index in [-0.39, 0.29) is 42.4 Å². The van der Waals surface area contributed by atoms with Crippen molar-refractivity contribution >= 4 is 29.6 Å². The molecule has 0 spiro atoms. The van der Waals surface area contributed by atoms with Gasteiger partial charge in [-0.2, -0.15) is 0 Å². The van der Waals surface area contributed by atoms with E-state index in [0.29, 0.717) is 6.61 Å². The summed E-state index contributed by atoms with van der Waals surface area (Å²) in [5.74, 6) is 0.273. The summed E-state index contributed by atoms with van der Waals surface area (Å²) in [5.41, 5.74) is 8.33. The van der Waals surface area contributed by atoms with Crippen LogP contribution in [-0.2, 0) is 23.8 Å². The predicted molar refractivity (Wildman–Crippen MR) is 208 cm³/mol. The Bertz CT molecular complexity index is 1770. The molecule has 52 heavy (non-hydrogen) atoms. The number of thioether (sulfide) groups is 1. The van der Waals surface area contributed by atoms with Crippen molar-refractivity contribution in [2.45, 2.75) is 49.2 Å². The van der Waals surface area contributed by atoms with Crippen LogP contribution in [0.1, 0.15) is 72.3 Å². The van der Waals surface area contributed by atoms with E-state index in [9.17, 15) is 14.4 Å². The van der Waals surface area contributed by atoms with Crippen molar-refractivity contribution in [1.29, 1.82) is 0 Å². The van der Waals surface area contributed by atoms with E-state index in [2.05, 4.69) is 121 Å². The fourth-order valence-electron chi connectivity index (χ4n) is 6.96. The van der Waals surface area contributed by atoms with Crippen LogP contribution in [0.3, 0.4) is 0 Å². The molecule has 7 heteroatoms. The van der Waals surface area contributed by atoms with E-state index in [1.54, 1.807) is 0 Å². The molecule has 0 aromatic heterocycles. The minimum atomic E-state index is -0.651. The van der Waals surface area contributed by atoms with Crippen LogP contribution in [0.5, 0.6) is 0 Å². The number of carbonyl (C=O) groups excluding carboxylic acids is 3. The van der Waals surface area contributed by atoms with Crippen molar-refractivity contribution in [2.75, 3.05) is 25.5 Å². The normalized spacial score (nSPS) is 12.1. The number of amides is 1. The highest BCUT2D eigenvalue weighted by molar-refractivity contribution is 8.00. The first kappa shape index (κ1) is 36.6. The predicted octanol–water partition coefficient (Wildman–Crippen LogP) is 9.70. The number of nitrogens with one attached hydrogen (secondary N) is 1. The molecule has 5 aromatic carbocycles. The third kappa shape index (κ3) is 9.01. The molecule has 1 aliphatic carbocycles. The van der Waals surface area contributed by atoms with Gasteiger partial charge < -0.3 is 14.8 Å². The number of hydrogen-bond acceptors (Lipinski definition) is 6. The largest absolute Gasteiger partial charge is 0.466 e. The van der Waals surface area contributed by atoms with Gasteiger partial charge in [-0.15, -0.1) is 11.8 Å². The highest BCUT2D eigenvalue weighted by atomic mass is 32.2. The van der Waals surface area contributed by atoms with Crippen molar-refractivity contribution in [2.24, 2.45) is 0 Å². The average molecular weight is 712 g/mol. The summed E-state index contributed by atoms with van der Waals surface area (Å²) >= 11 is 1.96. The molecule has 6 rings (SSSR count). The number of hydrogen-bond donors (Lipinski definition) is 1. The van der Waals surface area contributed by atoms with Gasteiger partial charge in [-0.25, -0.2) is 4.79 Å². The number of benzene rings is 5. The summed E-state index contributed by atoms with van der Waals surface area (Å²) in [6.45, 7) is 0.317. The molecule has 0 heterocycles. The Morgan fingerprint density at radius 2 is 1.08 bits per heavy atom. The summed E-state index contributed by atoms with van der Waals surface area (Å²) in [6.07, 6.45) is 3.13. The number of esters is 1. The molecule has 6 nitrogen and oxygen atoms in total. The molecule has 0 aliphatic heterocycles. The first-order valence-corrected chi connectivity index (χ1v) is 19.1. The van der Waals surface area contributed by atoms with Crippen LogP contribution in [-0.4, -0.2) is 43.4 Å². The number of alkyl carbamates (subject to hydrolysis) is 1. The van der Waals surface area contributed by atoms with Crippen LogP contribution in [0.4, 0.5) is 4.79 Å². The quantitative estimate of drug-likeness (QED) is 0.0554. The summed E-state index contributed by atoms with van der Waals surface area (Å²) in [7, 11) is 0. The van der Waals surface area contributed by atoms with E-state index in [0.717, 1.165) is 53.7 Å². The summed E-state index contributed by atoms with van der Waals surface area (Å²) < 4.78 is 10.6. The maximum absolute atomic E-state index is 12.4. The van der Waals surface area contributed by atoms with Crippen LogP contribution in [0, 0.1) is 0 Å². The van der Waals surface area contributed by atoms with E-state index in [1.807, 2.05) is 36.0 Å². The van der Waals surface area contributed by atoms with Gasteiger partial charge in [0.15, 0.2) is 5.78 Å². The van der Waals surface area contributed by atoms with E-state index < -0.39 is 12.1 Å². The second-order valence-electron chi connectivity index (χ2n) is 13.0. The molecule has 1 amide bonds. The number of carbonyl (C=O) groups is 3. The SMILES string of the molecule is O=C(CCC(=O)OCCCCCCSC(c1ccccc1)(c1ccccc1)c1ccccc1)CNC(=O)OCC1c2ccccc2-c2ccccc21. The number of ketones is 1. The molecular weight excluding hydrogens is 667 g/mol. The summed E-state index contributed by atoms with van der Waals surface area (Å²) in [6, 6.07) is 48.4. The van der Waals surface area contributed by atoms with Gasteiger partial charge in [0.05, 0.1) is 24.3 Å². The monoisotopic (exact) mass is 711 g/mol. The molecule has 1 aliphatic rings. The topological polar surface area (TPSA) is 81.7 Å². The Hall–Kier alpha value is -5.14. The fourth-order valence-corrected chi connectivity index (χ4v) is 8.52. The van der Waals surface area contributed by atoms with E-state index in [4.69, 9.17) is 9.47 Å². The van der Waals surface area contributed by atoms with E-state index in [1.165, 1.54) is 16.7 Å². The number of fused-ring (bicyclic) bond motifs is 3. The van der Waals surface area contributed by atoms with Crippen molar-refractivity contribution in [1.82, 2.24) is 5.32 Å². The van der Waals surface area contributed by atoms with Crippen LogP contribution in [0.15, 0.2) is 140 Å². The van der Waals surface area contributed by atoms with Gasteiger partial charge in [-0.3, -0.25) is 9.59 Å². The van der Waals surface area contributed by atoms with Crippen molar-refractivity contribution < 1.29 is 23.9 Å². The summed E-state index contributed by atoms with van der Waals surface area (Å²) in [4.78, 5) is 37.1. The number of Topliss-reactive ketones (excluding diaryl/α,β-unsaturated/α-hetero) is 1. The molecule has 0 bridgehead atoms. The van der Waals surface area contributed by atoms with Crippen LogP contribution in [0.25, 0.3) is 11.1 Å². The second kappa shape index (κ2) is 18.4. The first-order chi connectivity index (χ1) is 25.6. The lowest BCUT2D eigenvalue weighted by atomic mass is 9.84. The lowest BCUT2D eigenvalue weighted by Crippen LogP contribution is -2.31. The molecule has 0 saturated carbocycles. The lowest BCUT2D eigenvalue weighted by molar-refractivity contribution is -0.144. The number of unbranched alkanes of at least 4 members (excludes halogenated alkanes) is 3. The molecule has 0 atom stereocenters. The zero-order valence-electron chi connectivity index (χ0n) is 29.4. The Balaban J connectivity index is 0.865. The molecule has 0 radical (unpaired) electrons. The highest BCUT2D eigenvalue weighted by Crippen LogP contribution is 2.49. The summed E-state index contributed by atoms with van der Waals surface area (Å²) in [5, 5.41) is 2.53. The Morgan fingerprint density at radius 3 is 1.63 bits per heavy atom. The van der Waals surface area contributed by atoms with Gasteiger partial charge in [0.1, 0.15) is 6.61 Å². The van der Waals surface area contributed by atoms with Crippen LogP contribution in [0.2, 0.25) is 0 Å².